The molecule has 29 heavy (non-hydrogen) atoms. The lowest BCUT2D eigenvalue weighted by Crippen LogP contribution is -2.14. The molecule has 2 heterocycles. The van der Waals surface area contributed by atoms with E-state index < -0.39 is 15.9 Å². The lowest BCUT2D eigenvalue weighted by atomic mass is 9.91. The Balaban J connectivity index is 1.68. The summed E-state index contributed by atoms with van der Waals surface area (Å²) in [7, 11) is -3.38. The Labute approximate surface area is 168 Å². The third-order valence-electron chi connectivity index (χ3n) is 4.71. The van der Waals surface area contributed by atoms with E-state index in [-0.39, 0.29) is 11.5 Å². The van der Waals surface area contributed by atoms with E-state index in [0.29, 0.717) is 23.6 Å². The van der Waals surface area contributed by atoms with Crippen molar-refractivity contribution in [1.82, 2.24) is 4.98 Å². The Morgan fingerprint density at radius 1 is 1.14 bits per heavy atom. The highest BCUT2D eigenvalue weighted by Gasteiger charge is 2.30. The van der Waals surface area contributed by atoms with Crippen LogP contribution in [0.2, 0.25) is 0 Å². The molecule has 1 aromatic heterocycles. The molecule has 8 heteroatoms. The number of benzene rings is 2. The van der Waals surface area contributed by atoms with Gasteiger partial charge in [0, 0.05) is 35.1 Å². The van der Waals surface area contributed by atoms with E-state index in [1.807, 2.05) is 12.1 Å². The van der Waals surface area contributed by atoms with Gasteiger partial charge in [-0.2, -0.15) is 0 Å². The first-order valence-electron chi connectivity index (χ1n) is 8.95. The molecule has 7 nitrogen and oxygen atoms in total. The number of fused-ring (bicyclic) bond motifs is 1. The quantitative estimate of drug-likeness (QED) is 0.559. The molecule has 0 spiro atoms. The lowest BCUT2D eigenvalue weighted by molar-refractivity contribution is 0.0966. The maximum absolute atomic E-state index is 13.0. The average molecular weight is 409 g/mol. The summed E-state index contributed by atoms with van der Waals surface area (Å²) in [6, 6.07) is 15.2. The molecule has 0 radical (unpaired) electrons. The van der Waals surface area contributed by atoms with Crippen molar-refractivity contribution in [2.24, 2.45) is 0 Å². The topological polar surface area (TPSA) is 108 Å². The summed E-state index contributed by atoms with van der Waals surface area (Å²) >= 11 is 0. The molecule has 0 saturated carbocycles. The third kappa shape index (κ3) is 4.07. The van der Waals surface area contributed by atoms with E-state index >= 15 is 0 Å². The summed E-state index contributed by atoms with van der Waals surface area (Å²) in [4.78, 5) is 17.4. The molecule has 1 unspecified atom stereocenters. The number of Topliss-reactive ketones (excluding diaryl/α,β-unsaturated/α-hetero) is 1. The number of hydrogen-bond acceptors (Lipinski definition) is 6. The number of sulfonamides is 1. The zero-order valence-corrected chi connectivity index (χ0v) is 16.4. The predicted molar refractivity (Wildman–Crippen MR) is 112 cm³/mol. The number of aromatic nitrogens is 1. The van der Waals surface area contributed by atoms with Gasteiger partial charge in [-0.3, -0.25) is 9.52 Å². The van der Waals surface area contributed by atoms with Crippen molar-refractivity contribution >= 4 is 27.3 Å². The van der Waals surface area contributed by atoms with Crippen LogP contribution in [0.15, 0.2) is 60.8 Å². The number of carbonyl (C=O) groups excluding carboxylic acids is 1. The molecule has 3 aromatic rings. The Kier molecular flexibility index (Phi) is 4.71. The number of nitrogens with zero attached hydrogens (tertiary/aromatic N) is 1. The van der Waals surface area contributed by atoms with Crippen molar-refractivity contribution in [3.63, 3.8) is 0 Å². The van der Waals surface area contributed by atoms with Gasteiger partial charge in [0.05, 0.1) is 12.2 Å². The Bertz CT molecular complexity index is 1210. The highest BCUT2D eigenvalue weighted by Crippen LogP contribution is 2.36. The maximum Gasteiger partial charge on any atom is 0.229 e. The van der Waals surface area contributed by atoms with Crippen LogP contribution in [0.1, 0.15) is 21.8 Å². The smallest absolute Gasteiger partial charge is 0.229 e. The molecule has 1 aliphatic rings. The maximum atomic E-state index is 13.0. The Morgan fingerprint density at radius 2 is 1.93 bits per heavy atom. The molecule has 1 aliphatic heterocycles. The second-order valence-electron chi connectivity index (χ2n) is 6.96. The number of nitrogens with one attached hydrogen (secondary N) is 2. The highest BCUT2D eigenvalue weighted by atomic mass is 32.2. The summed E-state index contributed by atoms with van der Waals surface area (Å²) in [5.74, 6) is 0.178. The number of phenols is 1. The predicted octanol–water partition coefficient (Wildman–Crippen LogP) is 3.22. The van der Waals surface area contributed by atoms with Crippen LogP contribution < -0.4 is 10.0 Å². The van der Waals surface area contributed by atoms with Crippen molar-refractivity contribution in [3.05, 3.63) is 71.9 Å². The van der Waals surface area contributed by atoms with E-state index in [0.717, 1.165) is 22.9 Å². The highest BCUT2D eigenvalue weighted by molar-refractivity contribution is 7.92. The Hall–Kier alpha value is -3.39. The van der Waals surface area contributed by atoms with Crippen LogP contribution in [0.4, 0.5) is 11.5 Å². The molecule has 0 aliphatic carbocycles. The van der Waals surface area contributed by atoms with Crippen LogP contribution >= 0.6 is 0 Å². The third-order valence-corrected chi connectivity index (χ3v) is 5.32. The number of ketones is 1. The molecular formula is C21H19N3O4S. The van der Waals surface area contributed by atoms with Gasteiger partial charge >= 0.3 is 0 Å². The van der Waals surface area contributed by atoms with E-state index in [1.54, 1.807) is 36.5 Å². The second kappa shape index (κ2) is 7.21. The van der Waals surface area contributed by atoms with Gasteiger partial charge in [0.15, 0.2) is 5.78 Å². The number of aromatic hydroxyl groups is 1. The number of phenolic OH excluding ortho intramolecular Hbond substituents is 1. The first-order chi connectivity index (χ1) is 13.8. The fourth-order valence-electron chi connectivity index (χ4n) is 3.43. The molecule has 1 atom stereocenters. The van der Waals surface area contributed by atoms with Gasteiger partial charge in [0.25, 0.3) is 0 Å². The van der Waals surface area contributed by atoms with Gasteiger partial charge in [0.1, 0.15) is 11.6 Å². The summed E-state index contributed by atoms with van der Waals surface area (Å²) in [6.45, 7) is 0.427. The van der Waals surface area contributed by atoms with Crippen molar-refractivity contribution in [1.29, 1.82) is 0 Å². The van der Waals surface area contributed by atoms with Crippen molar-refractivity contribution in [3.8, 4) is 16.9 Å². The van der Waals surface area contributed by atoms with Gasteiger partial charge in [0.2, 0.25) is 10.0 Å². The molecule has 148 valence electrons. The zero-order chi connectivity index (χ0) is 20.6. The molecule has 0 fully saturated rings. The minimum atomic E-state index is -3.38. The first kappa shape index (κ1) is 18.9. The molecule has 3 N–H and O–H groups in total. The molecule has 0 saturated heterocycles. The van der Waals surface area contributed by atoms with Gasteiger partial charge in [-0.15, -0.1) is 0 Å². The van der Waals surface area contributed by atoms with Gasteiger partial charge < -0.3 is 10.4 Å². The molecule has 2 aromatic carbocycles. The molecular weight excluding hydrogens is 390 g/mol. The van der Waals surface area contributed by atoms with E-state index in [2.05, 4.69) is 15.0 Å². The van der Waals surface area contributed by atoms with Crippen LogP contribution in [0.25, 0.3) is 11.1 Å². The van der Waals surface area contributed by atoms with E-state index in [9.17, 15) is 18.3 Å². The zero-order valence-electron chi connectivity index (χ0n) is 15.6. The largest absolute Gasteiger partial charge is 0.508 e. The van der Waals surface area contributed by atoms with Crippen LogP contribution in [-0.2, 0) is 10.0 Å². The SMILES string of the molecule is CS(=O)(=O)Nc1cccc(-c2cnc3c(c2)C(C(=O)c2cccc(O)c2)CN3)c1. The first-order valence-corrected chi connectivity index (χ1v) is 10.8. The van der Waals surface area contributed by atoms with Crippen LogP contribution in [0.5, 0.6) is 5.75 Å². The van der Waals surface area contributed by atoms with Crippen molar-refractivity contribution in [2.75, 3.05) is 22.8 Å². The fourth-order valence-corrected chi connectivity index (χ4v) is 3.99. The number of anilines is 2. The Morgan fingerprint density at radius 3 is 2.69 bits per heavy atom. The van der Waals surface area contributed by atoms with E-state index in [4.69, 9.17) is 0 Å². The minimum absolute atomic E-state index is 0.0455. The number of pyridine rings is 1. The minimum Gasteiger partial charge on any atom is -0.508 e. The molecule has 0 amide bonds. The summed E-state index contributed by atoms with van der Waals surface area (Å²) < 4.78 is 25.4. The van der Waals surface area contributed by atoms with Crippen LogP contribution in [0.3, 0.4) is 0 Å². The van der Waals surface area contributed by atoms with E-state index in [1.165, 1.54) is 12.1 Å². The normalized spacial score (nSPS) is 15.4. The number of carbonyl (C=O) groups is 1. The van der Waals surface area contributed by atoms with Gasteiger partial charge in [-0.25, -0.2) is 13.4 Å². The molecule has 0 bridgehead atoms. The van der Waals surface area contributed by atoms with Crippen molar-refractivity contribution < 1.29 is 18.3 Å². The number of rotatable bonds is 5. The second-order valence-corrected chi connectivity index (χ2v) is 8.71. The average Bonchev–Trinajstić information content (AvgIpc) is 3.09. The monoisotopic (exact) mass is 409 g/mol. The van der Waals surface area contributed by atoms with Gasteiger partial charge in [-0.05, 0) is 35.9 Å². The summed E-state index contributed by atoms with van der Waals surface area (Å²) in [6.07, 6.45) is 2.78. The standard InChI is InChI=1S/C21H19N3O4S/c1-29(27,28)24-16-6-2-4-13(8-16)15-10-18-19(12-23-21(18)22-11-15)20(26)14-5-3-7-17(25)9-14/h2-11,19,24-25H,12H2,1H3,(H,22,23). The van der Waals surface area contributed by atoms with Crippen LogP contribution in [0, 0.1) is 0 Å². The summed E-state index contributed by atoms with van der Waals surface area (Å²) in [5.41, 5.74) is 3.23. The fraction of sp³-hybridized carbons (Fsp3) is 0.143. The van der Waals surface area contributed by atoms with Crippen molar-refractivity contribution in [2.45, 2.75) is 5.92 Å². The van der Waals surface area contributed by atoms with Crippen LogP contribution in [-0.4, -0.2) is 37.1 Å². The molecule has 4 rings (SSSR count). The number of hydrogen-bond donors (Lipinski definition) is 3. The lowest BCUT2D eigenvalue weighted by Gasteiger charge is -2.11. The van der Waals surface area contributed by atoms with Gasteiger partial charge in [-0.1, -0.05) is 24.3 Å². The summed E-state index contributed by atoms with van der Waals surface area (Å²) in [5, 5.41) is 12.8.